The minimum atomic E-state index is -0.306. The monoisotopic (exact) mass is 322 g/mol. The van der Waals surface area contributed by atoms with E-state index in [1.54, 1.807) is 18.3 Å². The number of rotatable bonds is 2. The molecule has 3 nitrogen and oxygen atoms in total. The van der Waals surface area contributed by atoms with E-state index in [1.807, 2.05) is 18.2 Å². The molecule has 5 heteroatoms. The second kappa shape index (κ2) is 5.38. The largest absolute Gasteiger partial charge is 0.310 e. The van der Waals surface area contributed by atoms with Gasteiger partial charge in [-0.05, 0) is 29.8 Å². The highest BCUT2D eigenvalue weighted by Gasteiger charge is 2.05. The molecule has 18 heavy (non-hydrogen) atoms. The number of nitrogens with zero attached hydrogens (tertiary/aromatic N) is 2. The summed E-state index contributed by atoms with van der Waals surface area (Å²) in [4.78, 5) is 11.9. The summed E-state index contributed by atoms with van der Waals surface area (Å²) < 4.78 is 2.35. The first-order chi connectivity index (χ1) is 8.61. The van der Waals surface area contributed by atoms with Gasteiger partial charge in [-0.3, -0.25) is 4.79 Å². The lowest BCUT2D eigenvalue weighted by molar-refractivity contribution is 0.756. The molecule has 0 fully saturated rings. The molecule has 0 amide bonds. The van der Waals surface area contributed by atoms with E-state index in [9.17, 15) is 4.79 Å². The van der Waals surface area contributed by atoms with Crippen molar-refractivity contribution in [2.45, 2.75) is 6.54 Å². The molecule has 0 saturated heterocycles. The van der Waals surface area contributed by atoms with E-state index in [2.05, 4.69) is 15.9 Å². The summed E-state index contributed by atoms with van der Waals surface area (Å²) >= 11 is 9.42. The van der Waals surface area contributed by atoms with Crippen LogP contribution in [0, 0.1) is 11.3 Å². The highest BCUT2D eigenvalue weighted by atomic mass is 79.9. The molecule has 0 saturated carbocycles. The fraction of sp³-hybridized carbons (Fsp3) is 0.0769. The zero-order valence-corrected chi connectivity index (χ0v) is 11.6. The molecule has 0 spiro atoms. The molecule has 0 aliphatic rings. The third kappa shape index (κ3) is 2.63. The van der Waals surface area contributed by atoms with Crippen LogP contribution in [0.5, 0.6) is 0 Å². The molecule has 0 unspecified atom stereocenters. The number of aromatic nitrogens is 1. The minimum absolute atomic E-state index is 0.130. The van der Waals surface area contributed by atoms with Crippen molar-refractivity contribution < 1.29 is 0 Å². The lowest BCUT2D eigenvalue weighted by Gasteiger charge is -2.08. The summed E-state index contributed by atoms with van der Waals surface area (Å²) in [7, 11) is 0. The predicted molar refractivity (Wildman–Crippen MR) is 73.7 cm³/mol. The standard InChI is InChI=1S/C13H8BrClN2O/c14-11-4-3-10(12(15)6-11)8-17-5-1-2-9(7-16)13(17)18/h1-6H,8H2. The maximum Gasteiger partial charge on any atom is 0.268 e. The third-order valence-electron chi connectivity index (χ3n) is 2.50. The molecule has 1 heterocycles. The Morgan fingerprint density at radius 2 is 2.17 bits per heavy atom. The summed E-state index contributed by atoms with van der Waals surface area (Å²) in [6.45, 7) is 0.348. The van der Waals surface area contributed by atoms with Crippen molar-refractivity contribution in [1.82, 2.24) is 4.57 Å². The molecule has 0 radical (unpaired) electrons. The number of pyridine rings is 1. The molecular weight excluding hydrogens is 316 g/mol. The van der Waals surface area contributed by atoms with Gasteiger partial charge in [-0.15, -0.1) is 0 Å². The number of benzene rings is 1. The summed E-state index contributed by atoms with van der Waals surface area (Å²) in [5, 5.41) is 9.39. The van der Waals surface area contributed by atoms with E-state index < -0.39 is 0 Å². The summed E-state index contributed by atoms with van der Waals surface area (Å²) in [5.41, 5.74) is 0.654. The second-order valence-electron chi connectivity index (χ2n) is 3.70. The van der Waals surface area contributed by atoms with Crippen LogP contribution in [0.3, 0.4) is 0 Å². The van der Waals surface area contributed by atoms with Gasteiger partial charge in [-0.1, -0.05) is 33.6 Å². The van der Waals surface area contributed by atoms with Crippen LogP contribution in [-0.2, 0) is 6.54 Å². The normalized spacial score (nSPS) is 10.1. The highest BCUT2D eigenvalue weighted by Crippen LogP contribution is 2.21. The van der Waals surface area contributed by atoms with Gasteiger partial charge in [0.25, 0.3) is 5.56 Å². The van der Waals surface area contributed by atoms with Gasteiger partial charge < -0.3 is 4.57 Å². The van der Waals surface area contributed by atoms with Crippen molar-refractivity contribution in [2.75, 3.05) is 0 Å². The van der Waals surface area contributed by atoms with Gasteiger partial charge in [0.05, 0.1) is 6.54 Å². The SMILES string of the molecule is N#Cc1cccn(Cc2ccc(Br)cc2Cl)c1=O. The van der Waals surface area contributed by atoms with Crippen LogP contribution in [-0.4, -0.2) is 4.57 Å². The topological polar surface area (TPSA) is 45.8 Å². The molecule has 0 atom stereocenters. The predicted octanol–water partition coefficient (Wildman–Crippen LogP) is 3.18. The maximum atomic E-state index is 11.9. The van der Waals surface area contributed by atoms with Gasteiger partial charge in [0.1, 0.15) is 11.6 Å². The van der Waals surface area contributed by atoms with E-state index in [1.165, 1.54) is 10.6 Å². The number of hydrogen-bond acceptors (Lipinski definition) is 2. The van der Waals surface area contributed by atoms with Crippen molar-refractivity contribution in [3.05, 3.63) is 67.5 Å². The molecule has 0 N–H and O–H groups in total. The zero-order chi connectivity index (χ0) is 13.1. The van der Waals surface area contributed by atoms with Crippen LogP contribution in [0.25, 0.3) is 0 Å². The first kappa shape index (κ1) is 12.9. The lowest BCUT2D eigenvalue weighted by Crippen LogP contribution is -2.22. The fourth-order valence-electron chi connectivity index (χ4n) is 1.58. The Hall–Kier alpha value is -1.57. The summed E-state index contributed by atoms with van der Waals surface area (Å²) in [6, 6.07) is 10.5. The van der Waals surface area contributed by atoms with Crippen LogP contribution >= 0.6 is 27.5 Å². The summed E-state index contributed by atoms with van der Waals surface area (Å²) in [6.07, 6.45) is 1.64. The van der Waals surface area contributed by atoms with Crippen LogP contribution in [0.2, 0.25) is 5.02 Å². The first-order valence-corrected chi connectivity index (χ1v) is 6.32. The third-order valence-corrected chi connectivity index (χ3v) is 3.34. The van der Waals surface area contributed by atoms with Gasteiger partial charge in [0, 0.05) is 15.7 Å². The number of hydrogen-bond donors (Lipinski definition) is 0. The molecule has 0 aliphatic heterocycles. The van der Waals surface area contributed by atoms with E-state index in [4.69, 9.17) is 16.9 Å². The van der Waals surface area contributed by atoms with E-state index in [-0.39, 0.29) is 11.1 Å². The molecule has 0 bridgehead atoms. The number of halogens is 2. The molecule has 90 valence electrons. The van der Waals surface area contributed by atoms with Crippen LogP contribution in [0.15, 0.2) is 45.8 Å². The Balaban J connectivity index is 2.41. The Morgan fingerprint density at radius 3 is 2.83 bits per heavy atom. The lowest BCUT2D eigenvalue weighted by atomic mass is 10.2. The van der Waals surface area contributed by atoms with Crippen molar-refractivity contribution in [3.8, 4) is 6.07 Å². The smallest absolute Gasteiger partial charge is 0.268 e. The number of nitriles is 1. The summed E-state index contributed by atoms with van der Waals surface area (Å²) in [5.74, 6) is 0. The van der Waals surface area contributed by atoms with Crippen molar-refractivity contribution in [3.63, 3.8) is 0 Å². The fourth-order valence-corrected chi connectivity index (χ4v) is 2.31. The maximum absolute atomic E-state index is 11.9. The molecule has 2 rings (SSSR count). The zero-order valence-electron chi connectivity index (χ0n) is 9.23. The van der Waals surface area contributed by atoms with E-state index >= 15 is 0 Å². The quantitative estimate of drug-likeness (QED) is 0.852. The molecule has 1 aromatic heterocycles. The van der Waals surface area contributed by atoms with Crippen LogP contribution in [0.4, 0.5) is 0 Å². The molecular formula is C13H8BrClN2O. The van der Waals surface area contributed by atoms with Gasteiger partial charge in [-0.2, -0.15) is 5.26 Å². The average molecular weight is 324 g/mol. The second-order valence-corrected chi connectivity index (χ2v) is 5.03. The molecule has 1 aromatic carbocycles. The first-order valence-electron chi connectivity index (χ1n) is 5.15. The van der Waals surface area contributed by atoms with Crippen molar-refractivity contribution >= 4 is 27.5 Å². The van der Waals surface area contributed by atoms with Gasteiger partial charge in [0.2, 0.25) is 0 Å². The van der Waals surface area contributed by atoms with Crippen molar-refractivity contribution in [1.29, 1.82) is 5.26 Å². The van der Waals surface area contributed by atoms with E-state index in [0.717, 1.165) is 10.0 Å². The highest BCUT2D eigenvalue weighted by molar-refractivity contribution is 9.10. The van der Waals surface area contributed by atoms with Crippen LogP contribution in [0.1, 0.15) is 11.1 Å². The van der Waals surface area contributed by atoms with E-state index in [0.29, 0.717) is 11.6 Å². The van der Waals surface area contributed by atoms with Gasteiger partial charge >= 0.3 is 0 Å². The Morgan fingerprint density at radius 1 is 1.39 bits per heavy atom. The van der Waals surface area contributed by atoms with Crippen molar-refractivity contribution in [2.24, 2.45) is 0 Å². The Kier molecular flexibility index (Phi) is 3.85. The van der Waals surface area contributed by atoms with Crippen LogP contribution < -0.4 is 5.56 Å². The Bertz CT molecular complexity index is 688. The minimum Gasteiger partial charge on any atom is -0.310 e. The average Bonchev–Trinajstić information content (AvgIpc) is 2.35. The van der Waals surface area contributed by atoms with Gasteiger partial charge in [0.15, 0.2) is 0 Å². The molecule has 2 aromatic rings. The van der Waals surface area contributed by atoms with Gasteiger partial charge in [-0.25, -0.2) is 0 Å². The molecule has 0 aliphatic carbocycles. The Labute approximate surface area is 117 Å².